The Kier molecular flexibility index (Phi) is 7.87. The van der Waals surface area contributed by atoms with Gasteiger partial charge in [-0.1, -0.05) is 109 Å². The van der Waals surface area contributed by atoms with Gasteiger partial charge in [-0.3, -0.25) is 4.98 Å². The number of pyridine rings is 1. The second-order valence-corrected chi connectivity index (χ2v) is 16.2. The van der Waals surface area contributed by atoms with Crippen LogP contribution in [-0.4, -0.2) is 15.0 Å². The van der Waals surface area contributed by atoms with Crippen molar-refractivity contribution < 1.29 is 0 Å². The van der Waals surface area contributed by atoms with Crippen LogP contribution in [0.4, 0.5) is 0 Å². The molecule has 56 heavy (non-hydrogen) atoms. The molecule has 0 spiro atoms. The van der Waals surface area contributed by atoms with Crippen molar-refractivity contribution in [2.24, 2.45) is 0 Å². The molecule has 0 saturated carbocycles. The maximum atomic E-state index is 5.38. The van der Waals surface area contributed by atoms with Crippen molar-refractivity contribution in [1.29, 1.82) is 0 Å². The van der Waals surface area contributed by atoms with Crippen LogP contribution in [0.25, 0.3) is 108 Å². The normalized spacial score (nSPS) is 11.6. The summed E-state index contributed by atoms with van der Waals surface area (Å²) in [5.74, 6) is 0.659. The molecule has 4 aromatic heterocycles. The lowest BCUT2D eigenvalue weighted by Gasteiger charge is -2.14. The fourth-order valence-electron chi connectivity index (χ4n) is 7.82. The van der Waals surface area contributed by atoms with Crippen LogP contribution in [0.1, 0.15) is 0 Å². The minimum absolute atomic E-state index is 0.659. The van der Waals surface area contributed by atoms with Crippen molar-refractivity contribution in [3.05, 3.63) is 188 Å². The Balaban J connectivity index is 1.15. The molecule has 0 atom stereocenters. The van der Waals surface area contributed by atoms with E-state index in [1.807, 2.05) is 65.3 Å². The highest BCUT2D eigenvalue weighted by Gasteiger charge is 2.17. The first-order valence-corrected chi connectivity index (χ1v) is 20.3. The third-order valence-electron chi connectivity index (χ3n) is 10.6. The van der Waals surface area contributed by atoms with Gasteiger partial charge in [0, 0.05) is 68.8 Å². The first-order valence-electron chi connectivity index (χ1n) is 18.7. The quantitative estimate of drug-likeness (QED) is 0.170. The van der Waals surface area contributed by atoms with Crippen LogP contribution in [0.2, 0.25) is 0 Å². The molecule has 0 aliphatic carbocycles. The van der Waals surface area contributed by atoms with Crippen molar-refractivity contribution >= 4 is 63.0 Å². The Labute approximate surface area is 331 Å². The molecular formula is C51H31N3S2. The van der Waals surface area contributed by atoms with Gasteiger partial charge in [0.15, 0.2) is 5.82 Å². The largest absolute Gasteiger partial charge is 0.256 e. The molecule has 0 radical (unpaired) electrons. The number of fused-ring (bicyclic) bond motifs is 6. The van der Waals surface area contributed by atoms with Crippen molar-refractivity contribution in [2.75, 3.05) is 0 Å². The van der Waals surface area contributed by atoms with E-state index < -0.39 is 0 Å². The van der Waals surface area contributed by atoms with Gasteiger partial charge >= 0.3 is 0 Å². The van der Waals surface area contributed by atoms with E-state index in [1.165, 1.54) is 51.5 Å². The number of rotatable bonds is 6. The second kappa shape index (κ2) is 13.5. The number of hydrogen-bond donors (Lipinski definition) is 0. The summed E-state index contributed by atoms with van der Waals surface area (Å²) < 4.78 is 5.19. The van der Waals surface area contributed by atoms with E-state index in [1.54, 1.807) is 0 Å². The minimum Gasteiger partial charge on any atom is -0.256 e. The second-order valence-electron chi connectivity index (χ2n) is 14.0. The van der Waals surface area contributed by atoms with Crippen molar-refractivity contribution in [2.45, 2.75) is 0 Å². The smallest absolute Gasteiger partial charge is 0.161 e. The van der Waals surface area contributed by atoms with Crippen LogP contribution >= 0.6 is 22.7 Å². The molecule has 7 aromatic carbocycles. The van der Waals surface area contributed by atoms with Gasteiger partial charge in [0.1, 0.15) is 0 Å². The summed E-state index contributed by atoms with van der Waals surface area (Å²) in [6.45, 7) is 0. The molecule has 4 heterocycles. The van der Waals surface area contributed by atoms with Crippen LogP contribution in [0, 0.1) is 0 Å². The minimum atomic E-state index is 0.659. The number of nitrogens with zero attached hydrogens (tertiary/aromatic N) is 3. The molecule has 0 amide bonds. The summed E-state index contributed by atoms with van der Waals surface area (Å²) in [5, 5.41) is 5.14. The SMILES string of the molecule is c1ccc(-c2cc(-c3cc(-c4ccc5sc6ccccc6c5c4)cc(-c4ccc5sc6ccccc6c5c4)c3)nc(-c3ccccc3-c3ccccn3)n2)cc1. The monoisotopic (exact) mass is 749 g/mol. The molecule has 0 aliphatic heterocycles. The summed E-state index contributed by atoms with van der Waals surface area (Å²) in [7, 11) is 0. The van der Waals surface area contributed by atoms with Gasteiger partial charge < -0.3 is 0 Å². The molecular weight excluding hydrogens is 719 g/mol. The van der Waals surface area contributed by atoms with Gasteiger partial charge in [0.25, 0.3) is 0 Å². The van der Waals surface area contributed by atoms with Crippen molar-refractivity contribution in [3.63, 3.8) is 0 Å². The summed E-state index contributed by atoms with van der Waals surface area (Å²) in [4.78, 5) is 15.3. The molecule has 11 aromatic rings. The fraction of sp³-hybridized carbons (Fsp3) is 0. The van der Waals surface area contributed by atoms with E-state index in [9.17, 15) is 0 Å². The number of aromatic nitrogens is 3. The summed E-state index contributed by atoms with van der Waals surface area (Å²) >= 11 is 3.69. The topological polar surface area (TPSA) is 38.7 Å². The third kappa shape index (κ3) is 5.77. The van der Waals surface area contributed by atoms with Crippen LogP contribution in [0.5, 0.6) is 0 Å². The highest BCUT2D eigenvalue weighted by atomic mass is 32.1. The van der Waals surface area contributed by atoms with Gasteiger partial charge in [-0.15, -0.1) is 22.7 Å². The number of benzene rings is 7. The molecule has 262 valence electrons. The maximum absolute atomic E-state index is 5.38. The van der Waals surface area contributed by atoms with Crippen LogP contribution < -0.4 is 0 Å². The highest BCUT2D eigenvalue weighted by molar-refractivity contribution is 7.26. The zero-order chi connectivity index (χ0) is 37.0. The van der Waals surface area contributed by atoms with Crippen molar-refractivity contribution in [1.82, 2.24) is 15.0 Å². The van der Waals surface area contributed by atoms with Crippen molar-refractivity contribution in [3.8, 4) is 67.4 Å². The van der Waals surface area contributed by atoms with Gasteiger partial charge in [-0.05, 0) is 95.1 Å². The molecule has 5 heteroatoms. The third-order valence-corrected chi connectivity index (χ3v) is 12.9. The zero-order valence-electron chi connectivity index (χ0n) is 30.1. The maximum Gasteiger partial charge on any atom is 0.161 e. The van der Waals surface area contributed by atoms with E-state index in [0.717, 1.165) is 50.5 Å². The number of thiophene rings is 2. The van der Waals surface area contributed by atoms with E-state index in [0.29, 0.717) is 5.82 Å². The lowest BCUT2D eigenvalue weighted by molar-refractivity contribution is 1.18. The summed E-state index contributed by atoms with van der Waals surface area (Å²) in [6.07, 6.45) is 1.83. The lowest BCUT2D eigenvalue weighted by Crippen LogP contribution is -1.98. The first-order chi connectivity index (χ1) is 27.7. The summed E-state index contributed by atoms with van der Waals surface area (Å²) in [5.41, 5.74) is 11.2. The first kappa shape index (κ1) is 32.6. The fourth-order valence-corrected chi connectivity index (χ4v) is 9.99. The van der Waals surface area contributed by atoms with E-state index >= 15 is 0 Å². The van der Waals surface area contributed by atoms with E-state index in [-0.39, 0.29) is 0 Å². The van der Waals surface area contributed by atoms with Crippen LogP contribution in [-0.2, 0) is 0 Å². The van der Waals surface area contributed by atoms with E-state index in [4.69, 9.17) is 15.0 Å². The standard InChI is InChI=1S/C51H31N3S2/c1-2-12-32(13-3-1)45-31-46(54-51(53-45)41-17-5-4-14-38(41)44-18-10-11-25-52-44)37-27-35(33-21-23-49-42(29-33)39-15-6-8-19-47(39)55-49)26-36(28-37)34-22-24-50-43(30-34)40-16-7-9-20-48(40)56-50/h1-31H. The van der Waals surface area contributed by atoms with E-state index in [2.05, 4.69) is 146 Å². The predicted octanol–water partition coefficient (Wildman–Crippen LogP) is 14.6. The Bertz CT molecular complexity index is 3120. The average molecular weight is 750 g/mol. The van der Waals surface area contributed by atoms with Gasteiger partial charge in [-0.25, -0.2) is 9.97 Å². The summed E-state index contributed by atoms with van der Waals surface area (Å²) in [6, 6.07) is 64.9. The van der Waals surface area contributed by atoms with Gasteiger partial charge in [0.2, 0.25) is 0 Å². The average Bonchev–Trinajstić information content (AvgIpc) is 3.84. The van der Waals surface area contributed by atoms with Gasteiger partial charge in [-0.2, -0.15) is 0 Å². The Morgan fingerprint density at radius 1 is 0.304 bits per heavy atom. The van der Waals surface area contributed by atoms with Gasteiger partial charge in [0.05, 0.1) is 17.1 Å². The Morgan fingerprint density at radius 2 is 0.821 bits per heavy atom. The molecule has 0 unspecified atom stereocenters. The van der Waals surface area contributed by atoms with Crippen LogP contribution in [0.15, 0.2) is 188 Å². The molecule has 0 N–H and O–H groups in total. The Morgan fingerprint density at radius 3 is 1.45 bits per heavy atom. The molecule has 0 bridgehead atoms. The molecule has 0 aliphatic rings. The molecule has 0 fully saturated rings. The lowest BCUT2D eigenvalue weighted by atomic mass is 9.93. The highest BCUT2D eigenvalue weighted by Crippen LogP contribution is 2.41. The predicted molar refractivity (Wildman–Crippen MR) is 238 cm³/mol. The number of hydrogen-bond acceptors (Lipinski definition) is 5. The Hall–Kier alpha value is -6.79. The van der Waals surface area contributed by atoms with Crippen LogP contribution in [0.3, 0.4) is 0 Å². The zero-order valence-corrected chi connectivity index (χ0v) is 31.7. The molecule has 3 nitrogen and oxygen atoms in total. The molecule has 0 saturated heterocycles. The molecule has 11 rings (SSSR count).